The molecule has 0 spiro atoms. The van der Waals surface area contributed by atoms with Gasteiger partial charge in [0.1, 0.15) is 6.10 Å². The number of carbonyl (C=O) groups excluding carboxylic acids is 4. The molecule has 2 heterocycles. The quantitative estimate of drug-likeness (QED) is 0.373. The summed E-state index contributed by atoms with van der Waals surface area (Å²) >= 11 is 6.39. The number of carbonyl (C=O) groups is 4. The molecule has 0 radical (unpaired) electrons. The summed E-state index contributed by atoms with van der Waals surface area (Å²) in [5, 5.41) is 3.42. The Morgan fingerprint density at radius 3 is 2.34 bits per heavy atom. The number of esters is 1. The van der Waals surface area contributed by atoms with E-state index in [-0.39, 0.29) is 30.2 Å². The highest BCUT2D eigenvalue weighted by molar-refractivity contribution is 6.30. The zero-order valence-corrected chi connectivity index (χ0v) is 26.0. The van der Waals surface area contributed by atoms with Crippen LogP contribution in [-0.2, 0) is 14.3 Å². The van der Waals surface area contributed by atoms with Gasteiger partial charge in [0.05, 0.1) is 12.2 Å². The fourth-order valence-electron chi connectivity index (χ4n) is 5.83. The Labute approximate surface area is 262 Å². The maximum absolute atomic E-state index is 13.9. The molecule has 1 fully saturated rings. The van der Waals surface area contributed by atoms with Crippen LogP contribution in [0.5, 0.6) is 0 Å². The normalized spacial score (nSPS) is 17.0. The fraction of sp³-hybridized carbons (Fsp3) is 0.353. The van der Waals surface area contributed by atoms with Gasteiger partial charge in [-0.2, -0.15) is 0 Å². The van der Waals surface area contributed by atoms with Gasteiger partial charge in [0.25, 0.3) is 11.8 Å². The lowest BCUT2D eigenvalue weighted by Gasteiger charge is -2.33. The lowest BCUT2D eigenvalue weighted by atomic mass is 10.0. The summed E-state index contributed by atoms with van der Waals surface area (Å²) in [6, 6.07) is 17.9. The minimum Gasteiger partial charge on any atom is -0.456 e. The number of nitrogens with one attached hydrogen (secondary N) is 1. The zero-order chi connectivity index (χ0) is 31.4. The summed E-state index contributed by atoms with van der Waals surface area (Å²) in [5.74, 6) is -0.706. The number of aryl methyl sites for hydroxylation is 2. The van der Waals surface area contributed by atoms with Gasteiger partial charge in [-0.1, -0.05) is 29.8 Å². The number of piperazine rings is 1. The van der Waals surface area contributed by atoms with Crippen molar-refractivity contribution in [3.8, 4) is 0 Å². The Balaban J connectivity index is 1.30. The van der Waals surface area contributed by atoms with Crippen molar-refractivity contribution >= 4 is 46.7 Å². The highest BCUT2D eigenvalue weighted by Crippen LogP contribution is 2.38. The molecule has 1 saturated heterocycles. The molecule has 1 atom stereocenters. The summed E-state index contributed by atoms with van der Waals surface area (Å²) in [7, 11) is 0. The largest absolute Gasteiger partial charge is 0.456 e. The van der Waals surface area contributed by atoms with E-state index in [1.165, 1.54) is 0 Å². The van der Waals surface area contributed by atoms with E-state index >= 15 is 0 Å². The summed E-state index contributed by atoms with van der Waals surface area (Å²) in [4.78, 5) is 56.9. The Morgan fingerprint density at radius 2 is 1.64 bits per heavy atom. The lowest BCUT2D eigenvalue weighted by Crippen LogP contribution is -2.49. The van der Waals surface area contributed by atoms with Crippen molar-refractivity contribution in [2.75, 3.05) is 49.5 Å². The Bertz CT molecular complexity index is 1580. The van der Waals surface area contributed by atoms with Crippen LogP contribution in [0.25, 0.3) is 0 Å². The Kier molecular flexibility index (Phi) is 9.66. The predicted octanol–water partition coefficient (Wildman–Crippen LogP) is 5.40. The zero-order valence-electron chi connectivity index (χ0n) is 25.3. The van der Waals surface area contributed by atoms with Crippen LogP contribution in [0.4, 0.5) is 11.4 Å². The summed E-state index contributed by atoms with van der Waals surface area (Å²) < 4.78 is 5.99. The number of benzene rings is 3. The highest BCUT2D eigenvalue weighted by Gasteiger charge is 2.31. The third-order valence-electron chi connectivity index (χ3n) is 8.27. The predicted molar refractivity (Wildman–Crippen MR) is 170 cm³/mol. The van der Waals surface area contributed by atoms with E-state index in [0.29, 0.717) is 78.7 Å². The van der Waals surface area contributed by atoms with Gasteiger partial charge in [-0.05, 0) is 80.3 Å². The first-order valence-electron chi connectivity index (χ1n) is 14.9. The molecule has 0 saturated carbocycles. The highest BCUT2D eigenvalue weighted by atomic mass is 35.5. The first kappa shape index (κ1) is 31.2. The van der Waals surface area contributed by atoms with Crippen molar-refractivity contribution in [1.29, 1.82) is 0 Å². The molecule has 0 bridgehead atoms. The van der Waals surface area contributed by atoms with E-state index in [1.54, 1.807) is 59.2 Å². The molecule has 3 aromatic rings. The van der Waals surface area contributed by atoms with Crippen molar-refractivity contribution in [3.05, 3.63) is 93.5 Å². The average molecular weight is 617 g/mol. The standard InChI is InChI=1S/C34H37ClN4O5/c1-22-7-4-5-8-27(22)33(42)36-26-11-12-28(23(2)19-26)34(43)39-14-6-9-31(29-20-25(35)10-13-30(29)39)44-32(41)21-37-15-17-38(18-16-37)24(3)40/h4-5,7-8,10-13,19-20,31H,6,9,14-18,21H2,1-3H3,(H,36,42). The molecule has 2 aliphatic heterocycles. The van der Waals surface area contributed by atoms with Crippen molar-refractivity contribution in [3.63, 3.8) is 0 Å². The molecule has 0 aromatic heterocycles. The van der Waals surface area contributed by atoms with Crippen molar-refractivity contribution < 1.29 is 23.9 Å². The molecule has 10 heteroatoms. The van der Waals surface area contributed by atoms with Gasteiger partial charge in [0, 0.05) is 67.0 Å². The molecule has 230 valence electrons. The van der Waals surface area contributed by atoms with Gasteiger partial charge in [-0.15, -0.1) is 0 Å². The third-order valence-corrected chi connectivity index (χ3v) is 8.50. The number of hydrogen-bond acceptors (Lipinski definition) is 6. The molecule has 5 rings (SSSR count). The number of fused-ring (bicyclic) bond motifs is 1. The monoisotopic (exact) mass is 616 g/mol. The van der Waals surface area contributed by atoms with E-state index in [9.17, 15) is 19.2 Å². The van der Waals surface area contributed by atoms with Crippen molar-refractivity contribution in [1.82, 2.24) is 9.80 Å². The third kappa shape index (κ3) is 7.11. The lowest BCUT2D eigenvalue weighted by molar-refractivity contribution is -0.151. The molecule has 3 amide bonds. The van der Waals surface area contributed by atoms with Gasteiger partial charge in [0.15, 0.2) is 0 Å². The Hall–Kier alpha value is -4.21. The van der Waals surface area contributed by atoms with Gasteiger partial charge in [-0.25, -0.2) is 0 Å². The van der Waals surface area contributed by atoms with Crippen LogP contribution in [0.1, 0.15) is 63.3 Å². The van der Waals surface area contributed by atoms with Crippen LogP contribution < -0.4 is 10.2 Å². The first-order valence-corrected chi connectivity index (χ1v) is 15.2. The van der Waals surface area contributed by atoms with E-state index in [1.807, 2.05) is 36.9 Å². The van der Waals surface area contributed by atoms with E-state index < -0.39 is 6.10 Å². The van der Waals surface area contributed by atoms with Crippen molar-refractivity contribution in [2.45, 2.75) is 39.7 Å². The van der Waals surface area contributed by atoms with Crippen LogP contribution >= 0.6 is 11.6 Å². The Morgan fingerprint density at radius 1 is 0.886 bits per heavy atom. The average Bonchev–Trinajstić information content (AvgIpc) is 3.16. The molecule has 1 N–H and O–H groups in total. The molecule has 9 nitrogen and oxygen atoms in total. The van der Waals surface area contributed by atoms with Crippen LogP contribution in [0, 0.1) is 13.8 Å². The van der Waals surface area contributed by atoms with Gasteiger partial charge in [0.2, 0.25) is 5.91 Å². The van der Waals surface area contributed by atoms with Crippen molar-refractivity contribution in [2.24, 2.45) is 0 Å². The number of hydrogen-bond donors (Lipinski definition) is 1. The minimum absolute atomic E-state index is 0.0364. The topological polar surface area (TPSA) is 99.3 Å². The molecular formula is C34H37ClN4O5. The number of ether oxygens (including phenoxy) is 1. The van der Waals surface area contributed by atoms with E-state index in [4.69, 9.17) is 16.3 Å². The molecule has 44 heavy (non-hydrogen) atoms. The number of anilines is 2. The maximum atomic E-state index is 13.9. The van der Waals surface area contributed by atoms with Crippen LogP contribution in [-0.4, -0.2) is 72.8 Å². The SMILES string of the molecule is CC(=O)N1CCN(CC(=O)OC2CCCN(C(=O)c3ccc(NC(=O)c4ccccc4C)cc3C)c3ccc(Cl)cc32)CC1. The molecule has 3 aromatic carbocycles. The smallest absolute Gasteiger partial charge is 0.320 e. The summed E-state index contributed by atoms with van der Waals surface area (Å²) in [6.45, 7) is 8.25. The molecule has 1 unspecified atom stereocenters. The van der Waals surface area contributed by atoms with E-state index in [0.717, 1.165) is 11.1 Å². The first-order chi connectivity index (χ1) is 21.1. The maximum Gasteiger partial charge on any atom is 0.320 e. The summed E-state index contributed by atoms with van der Waals surface area (Å²) in [6.07, 6.45) is 0.619. The van der Waals surface area contributed by atoms with Gasteiger partial charge >= 0.3 is 5.97 Å². The van der Waals surface area contributed by atoms with Gasteiger partial charge in [-0.3, -0.25) is 24.1 Å². The minimum atomic E-state index is -0.548. The number of rotatable bonds is 6. The second-order valence-electron chi connectivity index (χ2n) is 11.4. The molecule has 2 aliphatic rings. The van der Waals surface area contributed by atoms with Gasteiger partial charge < -0.3 is 19.9 Å². The second kappa shape index (κ2) is 13.6. The fourth-order valence-corrected chi connectivity index (χ4v) is 6.01. The second-order valence-corrected chi connectivity index (χ2v) is 11.8. The van der Waals surface area contributed by atoms with Crippen LogP contribution in [0.15, 0.2) is 60.7 Å². The molecule has 0 aliphatic carbocycles. The molecular weight excluding hydrogens is 580 g/mol. The summed E-state index contributed by atoms with van der Waals surface area (Å²) in [5.41, 5.74) is 4.66. The number of amides is 3. The van der Waals surface area contributed by atoms with Crippen LogP contribution in [0.2, 0.25) is 5.02 Å². The number of halogens is 1. The van der Waals surface area contributed by atoms with E-state index in [2.05, 4.69) is 5.32 Å². The van der Waals surface area contributed by atoms with Crippen LogP contribution in [0.3, 0.4) is 0 Å². The number of nitrogens with zero attached hydrogens (tertiary/aromatic N) is 3.